The van der Waals surface area contributed by atoms with E-state index in [4.69, 9.17) is 21.1 Å². The lowest BCUT2D eigenvalue weighted by Gasteiger charge is -2.46. The molecule has 0 N–H and O–H groups in total. The van der Waals surface area contributed by atoms with Gasteiger partial charge in [-0.25, -0.2) is 0 Å². The first kappa shape index (κ1) is 23.6. The Labute approximate surface area is 191 Å². The zero-order valence-electron chi connectivity index (χ0n) is 19.1. The molecule has 1 aliphatic rings. The Balaban J connectivity index is 1.77. The molecule has 1 heterocycles. The van der Waals surface area contributed by atoms with Gasteiger partial charge in [0.2, 0.25) is 5.91 Å². The van der Waals surface area contributed by atoms with E-state index < -0.39 is 0 Å². The van der Waals surface area contributed by atoms with Crippen LogP contribution in [-0.4, -0.2) is 36.7 Å². The van der Waals surface area contributed by atoms with Crippen LogP contribution in [0.15, 0.2) is 48.5 Å². The smallest absolute Gasteiger partial charge is 0.219 e. The van der Waals surface area contributed by atoms with Gasteiger partial charge in [-0.05, 0) is 74.3 Å². The van der Waals surface area contributed by atoms with Gasteiger partial charge < -0.3 is 14.4 Å². The van der Waals surface area contributed by atoms with Crippen LogP contribution in [0, 0.1) is 5.41 Å². The minimum Gasteiger partial charge on any atom is -0.497 e. The van der Waals surface area contributed by atoms with E-state index in [-0.39, 0.29) is 16.9 Å². The van der Waals surface area contributed by atoms with Gasteiger partial charge in [-0.15, -0.1) is 0 Å². The molecule has 0 aromatic heterocycles. The summed E-state index contributed by atoms with van der Waals surface area (Å²) in [5.74, 6) is 0.913. The fourth-order valence-electron chi connectivity index (χ4n) is 4.76. The van der Waals surface area contributed by atoms with E-state index in [0.717, 1.165) is 48.6 Å². The van der Waals surface area contributed by atoms with Crippen molar-refractivity contribution in [2.24, 2.45) is 5.41 Å². The molecule has 1 atom stereocenters. The van der Waals surface area contributed by atoms with Gasteiger partial charge in [0, 0.05) is 31.6 Å². The topological polar surface area (TPSA) is 38.8 Å². The number of methoxy groups -OCH3 is 1. The summed E-state index contributed by atoms with van der Waals surface area (Å²) >= 11 is 6.52. The molecule has 31 heavy (non-hydrogen) atoms. The van der Waals surface area contributed by atoms with Gasteiger partial charge in [0.25, 0.3) is 0 Å². The van der Waals surface area contributed by atoms with Crippen LogP contribution >= 0.6 is 11.6 Å². The molecular formula is C26H34ClNO3. The molecule has 1 unspecified atom stereocenters. The van der Waals surface area contributed by atoms with Crippen molar-refractivity contribution in [2.75, 3.05) is 20.3 Å². The number of ether oxygens (including phenoxy) is 2. The number of carbonyl (C=O) groups is 1. The van der Waals surface area contributed by atoms with Crippen LogP contribution < -0.4 is 4.74 Å². The summed E-state index contributed by atoms with van der Waals surface area (Å²) < 4.78 is 11.3. The number of halogens is 1. The van der Waals surface area contributed by atoms with Gasteiger partial charge in [-0.1, -0.05) is 41.9 Å². The van der Waals surface area contributed by atoms with Gasteiger partial charge in [-0.3, -0.25) is 4.79 Å². The maximum Gasteiger partial charge on any atom is 0.219 e. The Morgan fingerprint density at radius 1 is 1.16 bits per heavy atom. The third-order valence-corrected chi connectivity index (χ3v) is 6.71. The molecule has 0 aliphatic carbocycles. The van der Waals surface area contributed by atoms with Crippen molar-refractivity contribution in [2.45, 2.75) is 58.6 Å². The van der Waals surface area contributed by atoms with E-state index in [9.17, 15) is 4.79 Å². The summed E-state index contributed by atoms with van der Waals surface area (Å²) in [6.07, 6.45) is 3.73. The number of carbonyl (C=O) groups excluding carboxylic acids is 1. The highest BCUT2D eigenvalue weighted by molar-refractivity contribution is 6.31. The largest absolute Gasteiger partial charge is 0.497 e. The first-order valence-electron chi connectivity index (χ1n) is 11.0. The van der Waals surface area contributed by atoms with Gasteiger partial charge in [-0.2, -0.15) is 0 Å². The number of amides is 1. The molecule has 1 aliphatic heterocycles. The lowest BCUT2D eigenvalue weighted by molar-refractivity contribution is -0.131. The molecule has 0 saturated carbocycles. The lowest BCUT2D eigenvalue weighted by Crippen LogP contribution is -2.44. The minimum atomic E-state index is -0.184. The standard InChI is InChI=1S/C26H34ClNO3/c1-20(29)28(18-21-9-11-23(30-4)12-10-21)15-13-26(14-16-31-25(2,3)19-26)17-22-7-5-6-8-24(22)27/h5-12H,13-19H2,1-4H3. The first-order chi connectivity index (χ1) is 14.7. The molecule has 1 saturated heterocycles. The third kappa shape index (κ3) is 6.47. The van der Waals surface area contributed by atoms with Gasteiger partial charge in [0.15, 0.2) is 0 Å². The van der Waals surface area contributed by atoms with Crippen LogP contribution in [0.4, 0.5) is 0 Å². The number of hydrogen-bond acceptors (Lipinski definition) is 3. The van der Waals surface area contributed by atoms with E-state index in [1.165, 1.54) is 5.56 Å². The summed E-state index contributed by atoms with van der Waals surface area (Å²) in [7, 11) is 1.66. The van der Waals surface area contributed by atoms with E-state index >= 15 is 0 Å². The van der Waals surface area contributed by atoms with Crippen molar-refractivity contribution < 1.29 is 14.3 Å². The van der Waals surface area contributed by atoms with Crippen molar-refractivity contribution in [3.8, 4) is 5.75 Å². The number of rotatable bonds is 8. The summed E-state index contributed by atoms with van der Waals surface area (Å²) in [4.78, 5) is 14.4. The van der Waals surface area contributed by atoms with Crippen molar-refractivity contribution in [3.63, 3.8) is 0 Å². The predicted octanol–water partition coefficient (Wildman–Crippen LogP) is 5.91. The second-order valence-electron chi connectivity index (χ2n) is 9.34. The second-order valence-corrected chi connectivity index (χ2v) is 9.75. The summed E-state index contributed by atoms with van der Waals surface area (Å²) in [5, 5.41) is 0.813. The molecule has 3 rings (SSSR count). The summed E-state index contributed by atoms with van der Waals surface area (Å²) in [6, 6.07) is 16.0. The Hall–Kier alpha value is -2.04. The van der Waals surface area contributed by atoms with Crippen LogP contribution in [0.25, 0.3) is 0 Å². The van der Waals surface area contributed by atoms with Gasteiger partial charge in [0.1, 0.15) is 5.75 Å². The molecule has 168 valence electrons. The van der Waals surface area contributed by atoms with Crippen LogP contribution in [0.5, 0.6) is 5.75 Å². The molecule has 2 aromatic carbocycles. The number of nitrogens with zero attached hydrogens (tertiary/aromatic N) is 1. The monoisotopic (exact) mass is 443 g/mol. The quantitative estimate of drug-likeness (QED) is 0.509. The summed E-state index contributed by atoms with van der Waals surface area (Å²) in [6.45, 7) is 8.01. The zero-order chi connectivity index (χ0) is 22.5. The Morgan fingerprint density at radius 2 is 1.87 bits per heavy atom. The van der Waals surface area contributed by atoms with E-state index in [1.54, 1.807) is 14.0 Å². The number of benzene rings is 2. The van der Waals surface area contributed by atoms with E-state index in [2.05, 4.69) is 19.9 Å². The molecule has 1 fully saturated rings. The Bertz CT molecular complexity index is 880. The predicted molar refractivity (Wildman–Crippen MR) is 126 cm³/mol. The fourth-order valence-corrected chi connectivity index (χ4v) is 4.96. The van der Waals surface area contributed by atoms with Crippen LogP contribution in [0.2, 0.25) is 5.02 Å². The highest BCUT2D eigenvalue weighted by Gasteiger charge is 2.41. The molecule has 5 heteroatoms. The van der Waals surface area contributed by atoms with Crippen LogP contribution in [0.1, 0.15) is 51.2 Å². The molecular weight excluding hydrogens is 410 g/mol. The van der Waals surface area contributed by atoms with Crippen molar-refractivity contribution >= 4 is 17.5 Å². The lowest BCUT2D eigenvalue weighted by atomic mass is 9.68. The molecule has 4 nitrogen and oxygen atoms in total. The zero-order valence-corrected chi connectivity index (χ0v) is 19.9. The van der Waals surface area contributed by atoms with Gasteiger partial charge >= 0.3 is 0 Å². The van der Waals surface area contributed by atoms with E-state index in [1.807, 2.05) is 47.4 Å². The molecule has 1 amide bonds. The summed E-state index contributed by atoms with van der Waals surface area (Å²) in [5.41, 5.74) is 2.13. The van der Waals surface area contributed by atoms with Crippen LogP contribution in [-0.2, 0) is 22.5 Å². The molecule has 0 bridgehead atoms. The molecule has 0 radical (unpaired) electrons. The minimum absolute atomic E-state index is 0.0420. The fraction of sp³-hybridized carbons (Fsp3) is 0.500. The highest BCUT2D eigenvalue weighted by Crippen LogP contribution is 2.45. The van der Waals surface area contributed by atoms with Crippen molar-refractivity contribution in [1.82, 2.24) is 4.90 Å². The second kappa shape index (κ2) is 10.1. The third-order valence-electron chi connectivity index (χ3n) is 6.34. The Kier molecular flexibility index (Phi) is 7.66. The van der Waals surface area contributed by atoms with Crippen molar-refractivity contribution in [1.29, 1.82) is 0 Å². The molecule has 0 spiro atoms. The average Bonchev–Trinajstić information content (AvgIpc) is 2.72. The first-order valence-corrected chi connectivity index (χ1v) is 11.4. The SMILES string of the molecule is COc1ccc(CN(CCC2(Cc3ccccc3Cl)CCOC(C)(C)C2)C(C)=O)cc1. The van der Waals surface area contributed by atoms with Crippen LogP contribution in [0.3, 0.4) is 0 Å². The van der Waals surface area contributed by atoms with Crippen molar-refractivity contribution in [3.05, 3.63) is 64.7 Å². The van der Waals surface area contributed by atoms with E-state index in [0.29, 0.717) is 13.1 Å². The average molecular weight is 444 g/mol. The maximum absolute atomic E-state index is 12.4. The highest BCUT2D eigenvalue weighted by atomic mass is 35.5. The Morgan fingerprint density at radius 3 is 2.48 bits per heavy atom. The molecule has 2 aromatic rings. The normalized spacial score (nSPS) is 20.3. The number of hydrogen-bond donors (Lipinski definition) is 0. The maximum atomic E-state index is 12.4. The van der Waals surface area contributed by atoms with Gasteiger partial charge in [0.05, 0.1) is 12.7 Å².